The molecule has 1 atom stereocenters. The monoisotopic (exact) mass is 231 g/mol. The molecule has 2 N–H and O–H groups in total. The molecule has 0 saturated heterocycles. The van der Waals surface area contributed by atoms with Gasteiger partial charge in [-0.1, -0.05) is 29.0 Å². The summed E-state index contributed by atoms with van der Waals surface area (Å²) in [5.41, 5.74) is 3.89. The maximum absolute atomic E-state index is 3.96. The van der Waals surface area contributed by atoms with Crippen molar-refractivity contribution in [3.8, 4) is 0 Å². The van der Waals surface area contributed by atoms with E-state index in [-0.39, 0.29) is 6.04 Å². The van der Waals surface area contributed by atoms with E-state index in [1.165, 1.54) is 16.7 Å². The van der Waals surface area contributed by atoms with Crippen molar-refractivity contribution in [1.29, 1.82) is 0 Å². The molecule has 0 radical (unpaired) electrons. The van der Waals surface area contributed by atoms with E-state index in [2.05, 4.69) is 58.0 Å². The van der Waals surface area contributed by atoms with E-state index in [0.29, 0.717) is 5.82 Å². The lowest BCUT2D eigenvalue weighted by Gasteiger charge is -2.12. The van der Waals surface area contributed by atoms with Crippen LogP contribution in [0.5, 0.6) is 0 Å². The molecule has 0 amide bonds. The molecule has 5 nitrogen and oxygen atoms in total. The van der Waals surface area contributed by atoms with Gasteiger partial charge < -0.3 is 5.32 Å². The third-order valence-electron chi connectivity index (χ3n) is 2.85. The SMILES string of the molecule is Cc1ccc(CNC(C)c2nn[nH]n2)c(C)c1. The van der Waals surface area contributed by atoms with Crippen LogP contribution in [0.1, 0.15) is 35.5 Å². The Morgan fingerprint density at radius 3 is 2.82 bits per heavy atom. The number of rotatable bonds is 4. The van der Waals surface area contributed by atoms with Crippen molar-refractivity contribution in [2.45, 2.75) is 33.4 Å². The van der Waals surface area contributed by atoms with E-state index < -0.39 is 0 Å². The van der Waals surface area contributed by atoms with Crippen LogP contribution in [-0.4, -0.2) is 20.6 Å². The smallest absolute Gasteiger partial charge is 0.191 e. The highest BCUT2D eigenvalue weighted by Gasteiger charge is 2.09. The van der Waals surface area contributed by atoms with Gasteiger partial charge in [-0.25, -0.2) is 0 Å². The van der Waals surface area contributed by atoms with Crippen molar-refractivity contribution in [2.24, 2.45) is 0 Å². The van der Waals surface area contributed by atoms with Gasteiger partial charge in [0, 0.05) is 6.54 Å². The van der Waals surface area contributed by atoms with Gasteiger partial charge >= 0.3 is 0 Å². The zero-order chi connectivity index (χ0) is 12.3. The summed E-state index contributed by atoms with van der Waals surface area (Å²) in [6.45, 7) is 7.06. The number of nitrogens with zero attached hydrogens (tertiary/aromatic N) is 3. The van der Waals surface area contributed by atoms with E-state index in [1.807, 2.05) is 6.92 Å². The molecule has 0 fully saturated rings. The summed E-state index contributed by atoms with van der Waals surface area (Å²) in [6.07, 6.45) is 0. The standard InChI is InChI=1S/C12H17N5/c1-8-4-5-11(9(2)6-8)7-13-10(3)12-14-16-17-15-12/h4-6,10,13H,7H2,1-3H3,(H,14,15,16,17). The number of nitrogens with one attached hydrogen (secondary N) is 2. The summed E-state index contributed by atoms with van der Waals surface area (Å²) < 4.78 is 0. The number of hydrogen-bond acceptors (Lipinski definition) is 4. The number of tetrazole rings is 1. The second kappa shape index (κ2) is 5.05. The van der Waals surface area contributed by atoms with Crippen LogP contribution >= 0.6 is 0 Å². The van der Waals surface area contributed by atoms with Crippen molar-refractivity contribution in [2.75, 3.05) is 0 Å². The lowest BCUT2D eigenvalue weighted by Crippen LogP contribution is -2.19. The molecule has 90 valence electrons. The first-order valence-electron chi connectivity index (χ1n) is 5.69. The molecular formula is C12H17N5. The average Bonchev–Trinajstić information content (AvgIpc) is 2.81. The van der Waals surface area contributed by atoms with Crippen LogP contribution in [0, 0.1) is 13.8 Å². The Hall–Kier alpha value is -1.75. The number of aryl methyl sites for hydroxylation is 2. The van der Waals surface area contributed by atoms with Crippen LogP contribution in [0.2, 0.25) is 0 Å². The molecule has 0 bridgehead atoms. The van der Waals surface area contributed by atoms with Gasteiger partial charge in [0.1, 0.15) is 0 Å². The second-order valence-corrected chi connectivity index (χ2v) is 4.30. The molecule has 0 spiro atoms. The zero-order valence-electron chi connectivity index (χ0n) is 10.4. The number of aromatic amines is 1. The fraction of sp³-hybridized carbons (Fsp3) is 0.417. The molecular weight excluding hydrogens is 214 g/mol. The quantitative estimate of drug-likeness (QED) is 0.840. The van der Waals surface area contributed by atoms with Crippen molar-refractivity contribution in [3.05, 3.63) is 40.7 Å². The van der Waals surface area contributed by atoms with Gasteiger partial charge in [0.2, 0.25) is 0 Å². The predicted molar refractivity (Wildman–Crippen MR) is 65.3 cm³/mol. The van der Waals surface area contributed by atoms with Crippen LogP contribution in [0.25, 0.3) is 0 Å². The molecule has 1 heterocycles. The number of H-pyrrole nitrogens is 1. The highest BCUT2D eigenvalue weighted by molar-refractivity contribution is 5.30. The maximum Gasteiger partial charge on any atom is 0.191 e. The first kappa shape index (κ1) is 11.7. The van der Waals surface area contributed by atoms with Gasteiger partial charge in [-0.3, -0.25) is 0 Å². The number of aromatic nitrogens is 4. The van der Waals surface area contributed by atoms with E-state index in [1.54, 1.807) is 0 Å². The third-order valence-corrected chi connectivity index (χ3v) is 2.85. The van der Waals surface area contributed by atoms with Crippen LogP contribution in [-0.2, 0) is 6.54 Å². The third kappa shape index (κ3) is 2.88. The summed E-state index contributed by atoms with van der Waals surface area (Å²) in [7, 11) is 0. The van der Waals surface area contributed by atoms with Crippen molar-refractivity contribution in [1.82, 2.24) is 25.9 Å². The summed E-state index contributed by atoms with van der Waals surface area (Å²) in [4.78, 5) is 0. The molecule has 0 aliphatic carbocycles. The summed E-state index contributed by atoms with van der Waals surface area (Å²) in [6, 6.07) is 6.56. The normalized spacial score (nSPS) is 12.6. The molecule has 17 heavy (non-hydrogen) atoms. The van der Waals surface area contributed by atoms with Crippen molar-refractivity contribution < 1.29 is 0 Å². The molecule has 1 aromatic heterocycles. The molecule has 1 aromatic carbocycles. The topological polar surface area (TPSA) is 66.5 Å². The zero-order valence-corrected chi connectivity index (χ0v) is 10.4. The molecule has 2 rings (SSSR count). The van der Waals surface area contributed by atoms with E-state index in [9.17, 15) is 0 Å². The van der Waals surface area contributed by atoms with Crippen molar-refractivity contribution >= 4 is 0 Å². The maximum atomic E-state index is 3.96. The minimum Gasteiger partial charge on any atom is -0.303 e. The lowest BCUT2D eigenvalue weighted by molar-refractivity contribution is 0.545. The van der Waals surface area contributed by atoms with Crippen LogP contribution in [0.3, 0.4) is 0 Å². The number of hydrogen-bond donors (Lipinski definition) is 2. The van der Waals surface area contributed by atoms with E-state index in [0.717, 1.165) is 6.54 Å². The van der Waals surface area contributed by atoms with Crippen LogP contribution < -0.4 is 5.32 Å². The van der Waals surface area contributed by atoms with E-state index >= 15 is 0 Å². The lowest BCUT2D eigenvalue weighted by atomic mass is 10.1. The van der Waals surface area contributed by atoms with E-state index in [4.69, 9.17) is 0 Å². The van der Waals surface area contributed by atoms with Crippen LogP contribution in [0.4, 0.5) is 0 Å². The minimum atomic E-state index is 0.0921. The Balaban J connectivity index is 1.98. The van der Waals surface area contributed by atoms with Gasteiger partial charge in [-0.2, -0.15) is 5.21 Å². The summed E-state index contributed by atoms with van der Waals surface area (Å²) in [5.74, 6) is 0.690. The first-order valence-corrected chi connectivity index (χ1v) is 5.69. The van der Waals surface area contributed by atoms with Crippen LogP contribution in [0.15, 0.2) is 18.2 Å². The average molecular weight is 231 g/mol. The van der Waals surface area contributed by atoms with Gasteiger partial charge in [-0.15, -0.1) is 10.2 Å². The largest absolute Gasteiger partial charge is 0.303 e. The fourth-order valence-electron chi connectivity index (χ4n) is 1.75. The Bertz CT molecular complexity index is 478. The predicted octanol–water partition coefficient (Wildman–Crippen LogP) is 1.67. The highest BCUT2D eigenvalue weighted by Crippen LogP contribution is 2.12. The van der Waals surface area contributed by atoms with Gasteiger partial charge in [0.25, 0.3) is 0 Å². The van der Waals surface area contributed by atoms with Gasteiger partial charge in [-0.05, 0) is 31.9 Å². The molecule has 1 unspecified atom stereocenters. The second-order valence-electron chi connectivity index (χ2n) is 4.30. The first-order chi connectivity index (χ1) is 8.16. The molecule has 5 heteroatoms. The fourth-order valence-corrected chi connectivity index (χ4v) is 1.75. The molecule has 0 aliphatic heterocycles. The Morgan fingerprint density at radius 1 is 1.35 bits per heavy atom. The van der Waals surface area contributed by atoms with Gasteiger partial charge in [0.15, 0.2) is 5.82 Å². The number of benzene rings is 1. The van der Waals surface area contributed by atoms with Crippen molar-refractivity contribution in [3.63, 3.8) is 0 Å². The Morgan fingerprint density at radius 2 is 2.18 bits per heavy atom. The van der Waals surface area contributed by atoms with Gasteiger partial charge in [0.05, 0.1) is 6.04 Å². The molecule has 0 aliphatic rings. The molecule has 0 saturated carbocycles. The summed E-state index contributed by atoms with van der Waals surface area (Å²) >= 11 is 0. The summed E-state index contributed by atoms with van der Waals surface area (Å²) in [5, 5.41) is 17.3. The highest BCUT2D eigenvalue weighted by atomic mass is 15.5. The molecule has 2 aromatic rings. The Labute approximate surface area is 101 Å². The minimum absolute atomic E-state index is 0.0921. The Kier molecular flexibility index (Phi) is 3.49.